The van der Waals surface area contributed by atoms with Crippen molar-refractivity contribution in [2.45, 2.75) is 52.2 Å². The normalized spacial score (nSPS) is 23.7. The van der Waals surface area contributed by atoms with Crippen molar-refractivity contribution in [1.29, 1.82) is 0 Å². The Morgan fingerprint density at radius 1 is 1.15 bits per heavy atom. The number of carbonyl (C=O) groups is 2. The molecule has 1 saturated carbocycles. The number of ether oxygens (including phenoxy) is 3. The summed E-state index contributed by atoms with van der Waals surface area (Å²) in [6.07, 6.45) is 2.36. The molecule has 0 aromatic heterocycles. The van der Waals surface area contributed by atoms with Gasteiger partial charge in [0.25, 0.3) is 5.91 Å². The van der Waals surface area contributed by atoms with Crippen molar-refractivity contribution in [3.63, 3.8) is 0 Å². The number of methoxy groups -OCH3 is 2. The molecule has 0 aliphatic heterocycles. The first kappa shape index (κ1) is 20.1. The van der Waals surface area contributed by atoms with Crippen LogP contribution in [0.25, 0.3) is 0 Å². The van der Waals surface area contributed by atoms with E-state index in [4.69, 9.17) is 14.2 Å². The summed E-state index contributed by atoms with van der Waals surface area (Å²) in [4.78, 5) is 24.9. The third kappa shape index (κ3) is 4.48. The predicted molar refractivity (Wildman–Crippen MR) is 98.5 cm³/mol. The minimum absolute atomic E-state index is 0.124. The van der Waals surface area contributed by atoms with Gasteiger partial charge in [-0.15, -0.1) is 0 Å². The smallest absolute Gasteiger partial charge is 0.342 e. The topological polar surface area (TPSA) is 73.9 Å². The minimum Gasteiger partial charge on any atom is -0.493 e. The van der Waals surface area contributed by atoms with Gasteiger partial charge in [-0.05, 0) is 37.3 Å². The second kappa shape index (κ2) is 8.92. The lowest BCUT2D eigenvalue weighted by molar-refractivity contribution is -0.130. The number of rotatable bonds is 6. The van der Waals surface area contributed by atoms with Crippen molar-refractivity contribution in [1.82, 2.24) is 5.32 Å². The van der Waals surface area contributed by atoms with Crippen LogP contribution in [0.5, 0.6) is 11.5 Å². The molecule has 0 unspecified atom stereocenters. The first-order chi connectivity index (χ1) is 12.4. The summed E-state index contributed by atoms with van der Waals surface area (Å²) in [6, 6.07) is 5.07. The molecule has 1 amide bonds. The molecule has 1 aliphatic carbocycles. The summed E-state index contributed by atoms with van der Waals surface area (Å²) in [5.74, 6) is 0.827. The van der Waals surface area contributed by atoms with Gasteiger partial charge in [0.15, 0.2) is 17.6 Å². The van der Waals surface area contributed by atoms with E-state index in [1.807, 2.05) is 0 Å². The monoisotopic (exact) mass is 363 g/mol. The third-order valence-electron chi connectivity index (χ3n) is 5.31. The molecule has 6 heteroatoms. The fraction of sp³-hybridized carbons (Fsp3) is 0.600. The Bertz CT molecular complexity index is 645. The molecule has 1 aromatic rings. The number of hydrogen-bond acceptors (Lipinski definition) is 5. The standard InChI is InChI=1S/C20H29NO5/c1-12-8-6-10-16(13(12)2)21-19(22)14(3)26-20(23)15-9-7-11-17(24-4)18(15)25-5/h7,9,11-14,16H,6,8,10H2,1-5H3,(H,21,22)/t12-,13+,14+,16-/m0/s1. The van der Waals surface area contributed by atoms with Crippen LogP contribution in [-0.2, 0) is 9.53 Å². The minimum atomic E-state index is -0.886. The molecule has 6 nitrogen and oxygen atoms in total. The molecular formula is C20H29NO5. The number of nitrogens with one attached hydrogen (secondary N) is 1. The predicted octanol–water partition coefficient (Wildman–Crippen LogP) is 3.19. The summed E-state index contributed by atoms with van der Waals surface area (Å²) >= 11 is 0. The molecule has 4 atom stereocenters. The number of benzene rings is 1. The van der Waals surface area contributed by atoms with E-state index in [0.717, 1.165) is 12.8 Å². The maximum absolute atomic E-state index is 12.5. The van der Waals surface area contributed by atoms with Crippen molar-refractivity contribution in [3.8, 4) is 11.5 Å². The highest BCUT2D eigenvalue weighted by atomic mass is 16.6. The maximum atomic E-state index is 12.5. The number of hydrogen-bond donors (Lipinski definition) is 1. The lowest BCUT2D eigenvalue weighted by Crippen LogP contribution is -2.47. The van der Waals surface area contributed by atoms with Gasteiger partial charge in [-0.2, -0.15) is 0 Å². The van der Waals surface area contributed by atoms with E-state index >= 15 is 0 Å². The molecule has 0 heterocycles. The maximum Gasteiger partial charge on any atom is 0.342 e. The van der Waals surface area contributed by atoms with Gasteiger partial charge in [-0.3, -0.25) is 4.79 Å². The van der Waals surface area contributed by atoms with Gasteiger partial charge in [0, 0.05) is 6.04 Å². The molecule has 26 heavy (non-hydrogen) atoms. The highest BCUT2D eigenvalue weighted by molar-refractivity contribution is 5.95. The Hall–Kier alpha value is -2.24. The summed E-state index contributed by atoms with van der Waals surface area (Å²) in [5, 5.41) is 3.03. The van der Waals surface area contributed by atoms with Crippen LogP contribution in [0, 0.1) is 11.8 Å². The Morgan fingerprint density at radius 2 is 1.88 bits per heavy atom. The third-order valence-corrected chi connectivity index (χ3v) is 5.31. The van der Waals surface area contributed by atoms with E-state index in [2.05, 4.69) is 19.2 Å². The fourth-order valence-corrected chi connectivity index (χ4v) is 3.41. The van der Waals surface area contributed by atoms with Crippen LogP contribution in [0.2, 0.25) is 0 Å². The number of amides is 1. The van der Waals surface area contributed by atoms with Crippen LogP contribution < -0.4 is 14.8 Å². The average molecular weight is 363 g/mol. The van der Waals surface area contributed by atoms with Crippen LogP contribution in [-0.4, -0.2) is 38.2 Å². The molecule has 2 rings (SSSR count). The zero-order chi connectivity index (χ0) is 19.3. The summed E-state index contributed by atoms with van der Waals surface area (Å²) in [6.45, 7) is 5.95. The van der Waals surface area contributed by atoms with Crippen LogP contribution in [0.15, 0.2) is 18.2 Å². The first-order valence-electron chi connectivity index (χ1n) is 9.11. The lowest BCUT2D eigenvalue weighted by atomic mass is 9.78. The van der Waals surface area contributed by atoms with Gasteiger partial charge in [0.1, 0.15) is 5.56 Å². The van der Waals surface area contributed by atoms with Crippen LogP contribution in [0.1, 0.15) is 50.4 Å². The summed E-state index contributed by atoms with van der Waals surface area (Å²) in [5.41, 5.74) is 0.228. The first-order valence-corrected chi connectivity index (χ1v) is 9.11. The highest BCUT2D eigenvalue weighted by Gasteiger charge is 2.30. The SMILES string of the molecule is COc1cccc(C(=O)O[C@H](C)C(=O)N[C@H]2CCC[C@H](C)[C@H]2C)c1OC. The zero-order valence-electron chi connectivity index (χ0n) is 16.2. The summed E-state index contributed by atoms with van der Waals surface area (Å²) < 4.78 is 15.8. The number of esters is 1. The van der Waals surface area contributed by atoms with Gasteiger partial charge in [0.2, 0.25) is 0 Å². The molecule has 0 radical (unpaired) electrons. The molecule has 1 aromatic carbocycles. The number of para-hydroxylation sites is 1. The Balaban J connectivity index is 2.01. The van der Waals surface area contributed by atoms with E-state index in [1.165, 1.54) is 20.6 Å². The van der Waals surface area contributed by atoms with Crippen LogP contribution in [0.4, 0.5) is 0 Å². The van der Waals surface area contributed by atoms with Crippen LogP contribution in [0.3, 0.4) is 0 Å². The molecule has 0 spiro atoms. The average Bonchev–Trinajstić information content (AvgIpc) is 2.64. The van der Waals surface area contributed by atoms with Gasteiger partial charge < -0.3 is 19.5 Å². The van der Waals surface area contributed by atoms with Crippen molar-refractivity contribution in [3.05, 3.63) is 23.8 Å². The van der Waals surface area contributed by atoms with Crippen LogP contribution >= 0.6 is 0 Å². The summed E-state index contributed by atoms with van der Waals surface area (Å²) in [7, 11) is 2.95. The quantitative estimate of drug-likeness (QED) is 0.786. The fourth-order valence-electron chi connectivity index (χ4n) is 3.41. The number of carbonyl (C=O) groups excluding carboxylic acids is 2. The van der Waals surface area contributed by atoms with E-state index in [0.29, 0.717) is 23.3 Å². The molecule has 1 aliphatic rings. The highest BCUT2D eigenvalue weighted by Crippen LogP contribution is 2.32. The lowest BCUT2D eigenvalue weighted by Gasteiger charge is -2.35. The zero-order valence-corrected chi connectivity index (χ0v) is 16.2. The second-order valence-electron chi connectivity index (χ2n) is 6.97. The van der Waals surface area contributed by atoms with Gasteiger partial charge in [0.05, 0.1) is 14.2 Å². The molecule has 1 N–H and O–H groups in total. The van der Waals surface area contributed by atoms with Gasteiger partial charge >= 0.3 is 5.97 Å². The van der Waals surface area contributed by atoms with Crippen molar-refractivity contribution in [2.75, 3.05) is 14.2 Å². The largest absolute Gasteiger partial charge is 0.493 e. The molecule has 1 fully saturated rings. The molecule has 0 saturated heterocycles. The Labute approximate surface area is 155 Å². The van der Waals surface area contributed by atoms with E-state index in [9.17, 15) is 9.59 Å². The molecule has 144 valence electrons. The van der Waals surface area contributed by atoms with Crippen molar-refractivity contribution < 1.29 is 23.8 Å². The second-order valence-corrected chi connectivity index (χ2v) is 6.97. The molecular weight excluding hydrogens is 334 g/mol. The van der Waals surface area contributed by atoms with Crippen molar-refractivity contribution in [2.24, 2.45) is 11.8 Å². The van der Waals surface area contributed by atoms with E-state index in [1.54, 1.807) is 25.1 Å². The van der Waals surface area contributed by atoms with E-state index in [-0.39, 0.29) is 17.5 Å². The van der Waals surface area contributed by atoms with E-state index < -0.39 is 12.1 Å². The van der Waals surface area contributed by atoms with Gasteiger partial charge in [-0.1, -0.05) is 32.8 Å². The van der Waals surface area contributed by atoms with Crippen molar-refractivity contribution >= 4 is 11.9 Å². The molecule has 0 bridgehead atoms. The van der Waals surface area contributed by atoms with Gasteiger partial charge in [-0.25, -0.2) is 4.79 Å². The Morgan fingerprint density at radius 3 is 2.54 bits per heavy atom. The Kier molecular flexibility index (Phi) is 6.89.